The largest absolute Gasteiger partial charge is 0.300 e. The molecule has 0 saturated heterocycles. The van der Waals surface area contributed by atoms with Gasteiger partial charge in [0.15, 0.2) is 5.78 Å². The van der Waals surface area contributed by atoms with E-state index in [1.54, 1.807) is 6.92 Å². The number of hydrogen-bond donors (Lipinski definition) is 0. The van der Waals surface area contributed by atoms with Crippen LogP contribution in [0.1, 0.15) is 65.7 Å². The molecule has 0 aromatic heterocycles. The van der Waals surface area contributed by atoms with Crippen molar-refractivity contribution in [2.45, 2.75) is 71.8 Å². The molecule has 5 heteroatoms. The quantitative estimate of drug-likeness (QED) is 0.396. The molecule has 26 heavy (non-hydrogen) atoms. The fourth-order valence-electron chi connectivity index (χ4n) is 7.49. The number of ketones is 2. The second-order valence-corrected chi connectivity index (χ2v) is 9.61. The van der Waals surface area contributed by atoms with E-state index >= 15 is 0 Å². The van der Waals surface area contributed by atoms with Gasteiger partial charge in [-0.2, -0.15) is 0 Å². The molecule has 0 aliphatic heterocycles. The molecule has 3 fully saturated rings. The van der Waals surface area contributed by atoms with Gasteiger partial charge in [-0.25, -0.2) is 0 Å². The summed E-state index contributed by atoms with van der Waals surface area (Å²) in [5.41, 5.74) is 10.5. The number of carbonyl (C=O) groups is 2. The lowest BCUT2D eigenvalue weighted by Crippen LogP contribution is -2.51. The van der Waals surface area contributed by atoms with Crippen molar-refractivity contribution in [3.8, 4) is 0 Å². The zero-order valence-corrected chi connectivity index (χ0v) is 16.1. The average Bonchev–Trinajstić information content (AvgIpc) is 2.88. The summed E-state index contributed by atoms with van der Waals surface area (Å²) >= 11 is 0. The summed E-state index contributed by atoms with van der Waals surface area (Å²) in [7, 11) is 0. The summed E-state index contributed by atoms with van der Waals surface area (Å²) in [6, 6.07) is -0.191. The minimum Gasteiger partial charge on any atom is -0.300 e. The lowest BCUT2D eigenvalue weighted by atomic mass is 9.46. The maximum atomic E-state index is 12.4. The summed E-state index contributed by atoms with van der Waals surface area (Å²) in [5, 5.41) is 4.05. The van der Waals surface area contributed by atoms with E-state index in [4.69, 9.17) is 5.53 Å². The van der Waals surface area contributed by atoms with E-state index in [1.807, 2.05) is 6.08 Å². The molecule has 4 rings (SSSR count). The number of carbonyl (C=O) groups excluding carboxylic acids is 2. The van der Waals surface area contributed by atoms with Crippen LogP contribution in [0.3, 0.4) is 0 Å². The zero-order chi connectivity index (χ0) is 18.7. The minimum absolute atomic E-state index is 0.0477. The Hall–Kier alpha value is -1.61. The third-order valence-electron chi connectivity index (χ3n) is 8.63. The number of allylic oxidation sites excluding steroid dienone is 1. The summed E-state index contributed by atoms with van der Waals surface area (Å²) in [6.45, 7) is 6.30. The van der Waals surface area contributed by atoms with Gasteiger partial charge in [0.1, 0.15) is 5.78 Å². The van der Waals surface area contributed by atoms with Crippen LogP contribution in [0.25, 0.3) is 10.4 Å². The van der Waals surface area contributed by atoms with Crippen LogP contribution in [0.4, 0.5) is 0 Å². The number of hydrogen-bond acceptors (Lipinski definition) is 3. The van der Waals surface area contributed by atoms with E-state index in [0.717, 1.165) is 38.5 Å². The molecule has 0 amide bonds. The predicted octanol–water partition coefficient (Wildman–Crippen LogP) is 5.01. The van der Waals surface area contributed by atoms with Gasteiger partial charge in [-0.15, -0.1) is 0 Å². The van der Waals surface area contributed by atoms with Crippen LogP contribution < -0.4 is 0 Å². The topological polar surface area (TPSA) is 82.9 Å². The lowest BCUT2D eigenvalue weighted by molar-refractivity contribution is -0.129. The van der Waals surface area contributed by atoms with Crippen LogP contribution in [-0.2, 0) is 9.59 Å². The fourth-order valence-corrected chi connectivity index (χ4v) is 7.49. The minimum atomic E-state index is -0.191. The Morgan fingerprint density at radius 1 is 1.23 bits per heavy atom. The Labute approximate surface area is 155 Å². The Kier molecular flexibility index (Phi) is 4.07. The monoisotopic (exact) mass is 355 g/mol. The summed E-state index contributed by atoms with van der Waals surface area (Å²) in [6.07, 6.45) is 8.67. The van der Waals surface area contributed by atoms with Crippen molar-refractivity contribution >= 4 is 11.6 Å². The first kappa shape index (κ1) is 17.8. The third kappa shape index (κ3) is 2.32. The van der Waals surface area contributed by atoms with Gasteiger partial charge in [0, 0.05) is 23.3 Å². The van der Waals surface area contributed by atoms with E-state index in [2.05, 4.69) is 23.9 Å². The maximum absolute atomic E-state index is 12.4. The van der Waals surface area contributed by atoms with Gasteiger partial charge in [0.2, 0.25) is 0 Å². The highest BCUT2D eigenvalue weighted by Crippen LogP contribution is 2.67. The molecule has 0 spiro atoms. The Bertz CT molecular complexity index is 738. The highest BCUT2D eigenvalue weighted by atomic mass is 16.1. The van der Waals surface area contributed by atoms with Gasteiger partial charge >= 0.3 is 0 Å². The van der Waals surface area contributed by atoms with E-state index in [9.17, 15) is 9.59 Å². The molecule has 4 aliphatic rings. The van der Waals surface area contributed by atoms with Crippen LogP contribution in [-0.4, -0.2) is 17.6 Å². The molecule has 0 aromatic rings. The number of nitrogens with zero attached hydrogens (tertiary/aromatic N) is 3. The molecule has 0 heterocycles. The van der Waals surface area contributed by atoms with Crippen molar-refractivity contribution in [1.82, 2.24) is 0 Å². The zero-order valence-electron chi connectivity index (χ0n) is 16.1. The highest BCUT2D eigenvalue weighted by Gasteiger charge is 2.62. The van der Waals surface area contributed by atoms with E-state index in [0.29, 0.717) is 24.2 Å². The summed E-state index contributed by atoms with van der Waals surface area (Å²) in [5.74, 6) is 1.94. The molecule has 0 N–H and O–H groups in total. The van der Waals surface area contributed by atoms with E-state index in [-0.39, 0.29) is 34.4 Å². The van der Waals surface area contributed by atoms with Crippen molar-refractivity contribution in [1.29, 1.82) is 0 Å². The molecule has 4 aliphatic carbocycles. The van der Waals surface area contributed by atoms with Crippen molar-refractivity contribution in [2.24, 2.45) is 39.6 Å². The second-order valence-electron chi connectivity index (χ2n) is 9.61. The molecule has 7 atom stereocenters. The first-order chi connectivity index (χ1) is 12.3. The number of Topliss-reactive ketones (excluding diaryl/α,β-unsaturated/α-hetero) is 1. The standard InChI is InChI=1S/C21H29N3O2/c1-12(25)19-18(23-24-22)11-17-15-5-4-13-10-14(26)6-8-20(13,2)16(15)7-9-21(17,19)3/h10,15-19H,4-9,11H2,1-3H3/t15-,16+,17+,18?,19+,20+,21+/m1/s1. The van der Waals surface area contributed by atoms with Gasteiger partial charge in [0.25, 0.3) is 0 Å². The van der Waals surface area contributed by atoms with Gasteiger partial charge in [-0.3, -0.25) is 9.59 Å². The van der Waals surface area contributed by atoms with Crippen LogP contribution in [0.2, 0.25) is 0 Å². The van der Waals surface area contributed by atoms with Crippen LogP contribution >= 0.6 is 0 Å². The molecule has 140 valence electrons. The van der Waals surface area contributed by atoms with Crippen molar-refractivity contribution in [3.05, 3.63) is 22.1 Å². The first-order valence-electron chi connectivity index (χ1n) is 10.1. The van der Waals surface area contributed by atoms with Gasteiger partial charge in [-0.05, 0) is 85.6 Å². The van der Waals surface area contributed by atoms with Crippen LogP contribution in [0.5, 0.6) is 0 Å². The predicted molar refractivity (Wildman–Crippen MR) is 99.2 cm³/mol. The van der Waals surface area contributed by atoms with Crippen LogP contribution in [0, 0.1) is 34.5 Å². The Balaban J connectivity index is 1.71. The molecule has 0 bridgehead atoms. The molecule has 5 nitrogen and oxygen atoms in total. The number of fused-ring (bicyclic) bond motifs is 5. The second kappa shape index (κ2) is 5.95. The summed E-state index contributed by atoms with van der Waals surface area (Å²) in [4.78, 5) is 27.4. The Morgan fingerprint density at radius 3 is 2.69 bits per heavy atom. The highest BCUT2D eigenvalue weighted by molar-refractivity contribution is 5.91. The SMILES string of the molecule is CC(=O)[C@H]1C(N=[N+]=[N-])C[C@H]2[C@@H]3CCC4=CC(=O)CC[C@]4(C)[C@H]3CC[C@]12C. The number of azide groups is 1. The molecular formula is C21H29N3O2. The average molecular weight is 355 g/mol. The van der Waals surface area contributed by atoms with Crippen molar-refractivity contribution in [2.75, 3.05) is 0 Å². The fraction of sp³-hybridized carbons (Fsp3) is 0.810. The number of rotatable bonds is 2. The van der Waals surface area contributed by atoms with E-state index < -0.39 is 0 Å². The van der Waals surface area contributed by atoms with E-state index in [1.165, 1.54) is 5.57 Å². The van der Waals surface area contributed by atoms with Gasteiger partial charge < -0.3 is 0 Å². The van der Waals surface area contributed by atoms with Crippen molar-refractivity contribution < 1.29 is 9.59 Å². The van der Waals surface area contributed by atoms with Gasteiger partial charge in [-0.1, -0.05) is 24.5 Å². The van der Waals surface area contributed by atoms with Crippen LogP contribution in [0.15, 0.2) is 16.8 Å². The van der Waals surface area contributed by atoms with Crippen molar-refractivity contribution in [3.63, 3.8) is 0 Å². The maximum Gasteiger partial charge on any atom is 0.155 e. The molecule has 3 saturated carbocycles. The molecule has 1 unspecified atom stereocenters. The third-order valence-corrected chi connectivity index (χ3v) is 8.63. The molecular weight excluding hydrogens is 326 g/mol. The Morgan fingerprint density at radius 2 is 2.00 bits per heavy atom. The molecule has 0 aromatic carbocycles. The lowest BCUT2D eigenvalue weighted by Gasteiger charge is -2.58. The summed E-state index contributed by atoms with van der Waals surface area (Å²) < 4.78 is 0. The smallest absolute Gasteiger partial charge is 0.155 e. The first-order valence-corrected chi connectivity index (χ1v) is 10.1. The molecule has 0 radical (unpaired) electrons. The van der Waals surface area contributed by atoms with Gasteiger partial charge in [0.05, 0.1) is 0 Å². The normalized spacial score (nSPS) is 47.1.